The summed E-state index contributed by atoms with van der Waals surface area (Å²) in [6, 6.07) is 19.0. The number of benzene rings is 3. The molecule has 1 amide bonds. The lowest BCUT2D eigenvalue weighted by Gasteiger charge is -2.24. The third-order valence-corrected chi connectivity index (χ3v) is 9.00. The lowest BCUT2D eigenvalue weighted by atomic mass is 9.94. The van der Waals surface area contributed by atoms with Gasteiger partial charge in [-0.2, -0.15) is 0 Å². The first kappa shape index (κ1) is 30.1. The van der Waals surface area contributed by atoms with Crippen LogP contribution < -0.4 is 19.1 Å². The number of aryl methyl sites for hydroxylation is 1. The van der Waals surface area contributed by atoms with Crippen LogP contribution in [0.15, 0.2) is 72.3 Å². The van der Waals surface area contributed by atoms with E-state index in [2.05, 4.69) is 4.98 Å². The number of anilines is 1. The quantitative estimate of drug-likeness (QED) is 0.0961. The number of aliphatic hydroxyl groups excluding tert-OH is 1. The van der Waals surface area contributed by atoms with Crippen LogP contribution in [0.2, 0.25) is 0 Å². The molecule has 2 aliphatic heterocycles. The SMILES string of the molecule is CCOc1cc(C2C(=C(O)c3ccc4c(c3)CC(C)O4)C(=O)C(=O)N2c2nc(C)c(C(C)=O)s2)ccc1OCc1ccccc1. The fraction of sp³-hybridized carbons (Fsp3) is 0.257. The van der Waals surface area contributed by atoms with Gasteiger partial charge in [0.25, 0.3) is 5.78 Å². The van der Waals surface area contributed by atoms with Crippen molar-refractivity contribution < 1.29 is 33.7 Å². The Hall–Kier alpha value is -4.96. The minimum Gasteiger partial charge on any atom is -0.507 e. The third-order valence-electron chi connectivity index (χ3n) is 7.75. The maximum atomic E-state index is 13.8. The molecule has 1 fully saturated rings. The van der Waals surface area contributed by atoms with Crippen molar-refractivity contribution in [3.05, 3.63) is 105 Å². The van der Waals surface area contributed by atoms with E-state index in [1.165, 1.54) is 11.8 Å². The second-order valence-corrected chi connectivity index (χ2v) is 12.0. The molecular formula is C35H32N2O7S. The summed E-state index contributed by atoms with van der Waals surface area (Å²) < 4.78 is 17.9. The van der Waals surface area contributed by atoms with Gasteiger partial charge in [0.1, 0.15) is 24.2 Å². The number of aromatic nitrogens is 1. The molecule has 10 heteroatoms. The van der Waals surface area contributed by atoms with Crippen LogP contribution in [0.1, 0.15) is 64.4 Å². The van der Waals surface area contributed by atoms with E-state index in [4.69, 9.17) is 14.2 Å². The number of ketones is 2. The molecule has 0 aliphatic carbocycles. The zero-order valence-electron chi connectivity index (χ0n) is 25.3. The number of thiazole rings is 1. The maximum absolute atomic E-state index is 13.8. The number of hydrogen-bond acceptors (Lipinski definition) is 9. The minimum absolute atomic E-state index is 0.00815. The molecule has 0 radical (unpaired) electrons. The number of rotatable bonds is 9. The number of ether oxygens (including phenoxy) is 3. The number of Topliss-reactive ketones (excluding diaryl/α,β-unsaturated/α-hetero) is 2. The average molecular weight is 625 g/mol. The van der Waals surface area contributed by atoms with Crippen molar-refractivity contribution in [2.45, 2.75) is 52.9 Å². The summed E-state index contributed by atoms with van der Waals surface area (Å²) >= 11 is 1.03. The Balaban J connectivity index is 1.48. The van der Waals surface area contributed by atoms with E-state index >= 15 is 0 Å². The van der Waals surface area contributed by atoms with Crippen LogP contribution in [-0.2, 0) is 22.6 Å². The Morgan fingerprint density at radius 1 is 1.07 bits per heavy atom. The highest BCUT2D eigenvalue weighted by molar-refractivity contribution is 7.18. The molecule has 2 unspecified atom stereocenters. The van der Waals surface area contributed by atoms with Crippen LogP contribution in [0.3, 0.4) is 0 Å². The van der Waals surface area contributed by atoms with Crippen molar-refractivity contribution in [3.8, 4) is 17.2 Å². The summed E-state index contributed by atoms with van der Waals surface area (Å²) in [7, 11) is 0. The van der Waals surface area contributed by atoms with Crippen molar-refractivity contribution in [3.63, 3.8) is 0 Å². The molecule has 6 rings (SSSR count). The van der Waals surface area contributed by atoms with Gasteiger partial charge in [0.2, 0.25) is 0 Å². The zero-order chi connectivity index (χ0) is 31.8. The Morgan fingerprint density at radius 3 is 2.56 bits per heavy atom. The second kappa shape index (κ2) is 12.2. The summed E-state index contributed by atoms with van der Waals surface area (Å²) in [5.74, 6) is -0.604. The van der Waals surface area contributed by atoms with Gasteiger partial charge in [-0.15, -0.1) is 0 Å². The lowest BCUT2D eigenvalue weighted by Crippen LogP contribution is -2.29. The molecule has 1 N–H and O–H groups in total. The molecule has 9 nitrogen and oxygen atoms in total. The van der Waals surface area contributed by atoms with Crippen molar-refractivity contribution in [1.29, 1.82) is 0 Å². The highest BCUT2D eigenvalue weighted by Crippen LogP contribution is 2.46. The normalized spacial score (nSPS) is 18.5. The second-order valence-electron chi connectivity index (χ2n) is 11.0. The number of amides is 1. The lowest BCUT2D eigenvalue weighted by molar-refractivity contribution is -0.132. The van der Waals surface area contributed by atoms with Crippen LogP contribution in [0.4, 0.5) is 5.13 Å². The zero-order valence-corrected chi connectivity index (χ0v) is 26.1. The Kier molecular flexibility index (Phi) is 8.16. The Labute approximate surface area is 264 Å². The molecule has 1 aromatic heterocycles. The van der Waals surface area contributed by atoms with Gasteiger partial charge in [-0.1, -0.05) is 47.7 Å². The monoisotopic (exact) mass is 624 g/mol. The predicted molar refractivity (Wildman–Crippen MR) is 170 cm³/mol. The number of aliphatic hydroxyl groups is 1. The number of carbonyl (C=O) groups is 3. The van der Waals surface area contributed by atoms with Gasteiger partial charge in [0.15, 0.2) is 22.4 Å². The van der Waals surface area contributed by atoms with Crippen LogP contribution >= 0.6 is 11.3 Å². The summed E-state index contributed by atoms with van der Waals surface area (Å²) in [5.41, 5.74) is 3.13. The van der Waals surface area contributed by atoms with E-state index in [-0.39, 0.29) is 28.4 Å². The fourth-order valence-electron chi connectivity index (χ4n) is 5.70. The van der Waals surface area contributed by atoms with Crippen molar-refractivity contribution in [2.75, 3.05) is 11.5 Å². The van der Waals surface area contributed by atoms with Gasteiger partial charge in [-0.25, -0.2) is 4.98 Å². The largest absolute Gasteiger partial charge is 0.507 e. The summed E-state index contributed by atoms with van der Waals surface area (Å²) in [6.07, 6.45) is 0.647. The van der Waals surface area contributed by atoms with E-state index in [0.717, 1.165) is 28.2 Å². The molecule has 230 valence electrons. The van der Waals surface area contributed by atoms with Crippen LogP contribution in [0, 0.1) is 6.92 Å². The highest BCUT2D eigenvalue weighted by Gasteiger charge is 2.48. The van der Waals surface area contributed by atoms with E-state index in [1.807, 2.05) is 44.2 Å². The molecule has 0 spiro atoms. The van der Waals surface area contributed by atoms with Crippen LogP contribution in [0.5, 0.6) is 17.2 Å². The predicted octanol–water partition coefficient (Wildman–Crippen LogP) is 6.58. The first-order valence-corrected chi connectivity index (χ1v) is 15.5. The third kappa shape index (κ3) is 5.69. The van der Waals surface area contributed by atoms with Gasteiger partial charge in [0, 0.05) is 18.9 Å². The summed E-state index contributed by atoms with van der Waals surface area (Å²) in [4.78, 5) is 45.9. The molecule has 0 saturated carbocycles. The van der Waals surface area contributed by atoms with E-state index in [0.29, 0.717) is 52.8 Å². The number of fused-ring (bicyclic) bond motifs is 1. The van der Waals surface area contributed by atoms with E-state index in [9.17, 15) is 19.5 Å². The van der Waals surface area contributed by atoms with Crippen molar-refractivity contribution in [2.24, 2.45) is 0 Å². The number of hydrogen-bond donors (Lipinski definition) is 1. The van der Waals surface area contributed by atoms with Crippen molar-refractivity contribution >= 4 is 39.7 Å². The van der Waals surface area contributed by atoms with Gasteiger partial charge in [-0.05, 0) is 67.8 Å². The fourth-order valence-corrected chi connectivity index (χ4v) is 6.69. The number of nitrogens with zero attached hydrogens (tertiary/aromatic N) is 2. The maximum Gasteiger partial charge on any atom is 0.301 e. The van der Waals surface area contributed by atoms with E-state index in [1.54, 1.807) is 43.3 Å². The van der Waals surface area contributed by atoms with Crippen LogP contribution in [-0.4, -0.2) is 40.3 Å². The minimum atomic E-state index is -1.05. The molecule has 2 aliphatic rings. The molecule has 2 atom stereocenters. The standard InChI is InChI=1S/C35H32N2O7S/c1-5-42-28-17-23(11-14-27(28)43-18-22-9-7-6-8-10-22)30-29(31(39)24-12-13-26-25(16-24)15-19(2)44-26)32(40)34(41)37(30)35-36-20(3)33(45-35)21(4)38/h6-14,16-17,19,30,39H,5,15,18H2,1-4H3. The molecule has 4 aromatic rings. The van der Waals surface area contributed by atoms with Gasteiger partial charge < -0.3 is 19.3 Å². The smallest absolute Gasteiger partial charge is 0.301 e. The summed E-state index contributed by atoms with van der Waals surface area (Å²) in [5, 5.41) is 11.9. The van der Waals surface area contributed by atoms with E-state index < -0.39 is 17.7 Å². The summed E-state index contributed by atoms with van der Waals surface area (Å²) in [6.45, 7) is 7.57. The number of carbonyl (C=O) groups excluding carboxylic acids is 3. The van der Waals surface area contributed by atoms with Crippen LogP contribution in [0.25, 0.3) is 5.76 Å². The highest BCUT2D eigenvalue weighted by atomic mass is 32.1. The molecule has 3 heterocycles. The molecular weight excluding hydrogens is 592 g/mol. The Bertz CT molecular complexity index is 1850. The van der Waals surface area contributed by atoms with Crippen molar-refractivity contribution in [1.82, 2.24) is 4.98 Å². The molecule has 1 saturated heterocycles. The molecule has 0 bridgehead atoms. The average Bonchev–Trinajstić information content (AvgIpc) is 3.68. The first-order chi connectivity index (χ1) is 21.7. The van der Waals surface area contributed by atoms with Gasteiger partial charge in [0.05, 0.1) is 28.8 Å². The molecule has 45 heavy (non-hydrogen) atoms. The first-order valence-electron chi connectivity index (χ1n) is 14.7. The molecule has 3 aromatic carbocycles. The Morgan fingerprint density at radius 2 is 1.84 bits per heavy atom. The topological polar surface area (TPSA) is 115 Å². The van der Waals surface area contributed by atoms with Gasteiger partial charge in [-0.3, -0.25) is 19.3 Å². The van der Waals surface area contributed by atoms with Gasteiger partial charge >= 0.3 is 5.91 Å².